The van der Waals surface area contributed by atoms with Gasteiger partial charge in [-0.05, 0) is 42.2 Å². The monoisotopic (exact) mass is 398 g/mol. The van der Waals surface area contributed by atoms with Crippen molar-refractivity contribution in [2.24, 2.45) is 5.92 Å². The minimum atomic E-state index is -0.225. The van der Waals surface area contributed by atoms with Gasteiger partial charge in [0.05, 0.1) is 24.9 Å². The molecule has 1 aliphatic heterocycles. The number of fused-ring (bicyclic) bond motifs is 1. The molecule has 2 heterocycles. The molecule has 2 aromatic rings. The van der Waals surface area contributed by atoms with Gasteiger partial charge >= 0.3 is 0 Å². The van der Waals surface area contributed by atoms with Gasteiger partial charge in [0.2, 0.25) is 0 Å². The summed E-state index contributed by atoms with van der Waals surface area (Å²) in [6, 6.07) is 9.37. The summed E-state index contributed by atoms with van der Waals surface area (Å²) in [5, 5.41) is 13.2. The van der Waals surface area contributed by atoms with E-state index in [4.69, 9.17) is 9.47 Å². The summed E-state index contributed by atoms with van der Waals surface area (Å²) in [6.07, 6.45) is 2.91. The van der Waals surface area contributed by atoms with Crippen molar-refractivity contribution in [2.75, 3.05) is 11.9 Å². The van der Waals surface area contributed by atoms with E-state index >= 15 is 0 Å². The highest BCUT2D eigenvalue weighted by Gasteiger charge is 2.28. The number of carbonyl (C=O) groups excluding carboxylic acids is 1. The maximum absolute atomic E-state index is 12.7. The van der Waals surface area contributed by atoms with Gasteiger partial charge in [-0.3, -0.25) is 4.79 Å². The van der Waals surface area contributed by atoms with Crippen molar-refractivity contribution in [3.8, 4) is 11.8 Å². The van der Waals surface area contributed by atoms with Crippen molar-refractivity contribution in [2.45, 2.75) is 52.7 Å². The number of unbranched alkanes of at least 4 members (excludes halogenated alkanes) is 1. The number of nitriles is 1. The first-order valence-electron chi connectivity index (χ1n) is 9.74. The molecule has 0 saturated heterocycles. The smallest absolute Gasteiger partial charge is 0.256 e. The lowest BCUT2D eigenvalue weighted by molar-refractivity contribution is 0.00161. The zero-order valence-corrected chi connectivity index (χ0v) is 17.4. The van der Waals surface area contributed by atoms with Gasteiger partial charge in [-0.15, -0.1) is 11.3 Å². The number of nitrogens with one attached hydrogen (secondary N) is 1. The van der Waals surface area contributed by atoms with E-state index in [1.807, 2.05) is 0 Å². The number of rotatable bonds is 7. The Bertz CT molecular complexity index is 865. The SMILES string of the molecule is CCCCOc1ccc(C(=O)Nc2sc3c(c2C#N)CC(C(C)C)OC3)cc1. The largest absolute Gasteiger partial charge is 0.494 e. The minimum Gasteiger partial charge on any atom is -0.494 e. The van der Waals surface area contributed by atoms with E-state index in [9.17, 15) is 10.1 Å². The topological polar surface area (TPSA) is 71.3 Å². The lowest BCUT2D eigenvalue weighted by atomic mass is 9.95. The molecule has 0 saturated carbocycles. The van der Waals surface area contributed by atoms with Crippen molar-refractivity contribution in [3.63, 3.8) is 0 Å². The summed E-state index contributed by atoms with van der Waals surface area (Å²) in [5.41, 5.74) is 2.13. The molecule has 5 nitrogen and oxygen atoms in total. The minimum absolute atomic E-state index is 0.109. The van der Waals surface area contributed by atoms with Crippen LogP contribution < -0.4 is 10.1 Å². The second-order valence-electron chi connectivity index (χ2n) is 7.30. The molecule has 0 aliphatic carbocycles. The van der Waals surface area contributed by atoms with Crippen LogP contribution in [0, 0.1) is 17.2 Å². The van der Waals surface area contributed by atoms with Gasteiger partial charge < -0.3 is 14.8 Å². The van der Waals surface area contributed by atoms with Crippen LogP contribution >= 0.6 is 11.3 Å². The molecule has 0 fully saturated rings. The summed E-state index contributed by atoms with van der Waals surface area (Å²) in [7, 11) is 0. The lowest BCUT2D eigenvalue weighted by Crippen LogP contribution is -2.26. The van der Waals surface area contributed by atoms with Gasteiger partial charge in [0.1, 0.15) is 16.8 Å². The van der Waals surface area contributed by atoms with E-state index in [0.717, 1.165) is 29.0 Å². The molecular weight excluding hydrogens is 372 g/mol. The van der Waals surface area contributed by atoms with Gasteiger partial charge in [-0.2, -0.15) is 5.26 Å². The average molecular weight is 399 g/mol. The summed E-state index contributed by atoms with van der Waals surface area (Å²) in [4.78, 5) is 13.7. The molecule has 1 aromatic carbocycles. The van der Waals surface area contributed by atoms with Crippen molar-refractivity contribution in [1.29, 1.82) is 5.26 Å². The average Bonchev–Trinajstić information content (AvgIpc) is 3.04. The Morgan fingerprint density at radius 3 is 2.79 bits per heavy atom. The molecule has 1 aliphatic rings. The number of ether oxygens (including phenoxy) is 2. The van der Waals surface area contributed by atoms with E-state index in [2.05, 4.69) is 32.2 Å². The Morgan fingerprint density at radius 1 is 1.39 bits per heavy atom. The van der Waals surface area contributed by atoms with Crippen LogP contribution in [-0.2, 0) is 17.8 Å². The van der Waals surface area contributed by atoms with Crippen LogP contribution in [0.2, 0.25) is 0 Å². The number of benzene rings is 1. The van der Waals surface area contributed by atoms with E-state index < -0.39 is 0 Å². The summed E-state index contributed by atoms with van der Waals surface area (Å²) >= 11 is 1.44. The van der Waals surface area contributed by atoms with Crippen LogP contribution in [0.3, 0.4) is 0 Å². The molecule has 1 unspecified atom stereocenters. The van der Waals surface area contributed by atoms with Crippen molar-refractivity contribution in [1.82, 2.24) is 0 Å². The Hall–Kier alpha value is -2.36. The number of nitrogens with zero attached hydrogens (tertiary/aromatic N) is 1. The number of carbonyl (C=O) groups is 1. The molecule has 1 amide bonds. The van der Waals surface area contributed by atoms with E-state index in [1.54, 1.807) is 24.3 Å². The van der Waals surface area contributed by atoms with Gasteiger partial charge in [-0.25, -0.2) is 0 Å². The molecular formula is C22H26N2O3S. The Balaban J connectivity index is 1.72. The fourth-order valence-corrected chi connectivity index (χ4v) is 4.23. The van der Waals surface area contributed by atoms with Crippen molar-refractivity contribution < 1.29 is 14.3 Å². The molecule has 0 spiro atoms. The molecule has 1 N–H and O–H groups in total. The van der Waals surface area contributed by atoms with Crippen LogP contribution in [0.5, 0.6) is 5.75 Å². The van der Waals surface area contributed by atoms with Crippen LogP contribution in [0.15, 0.2) is 24.3 Å². The number of amides is 1. The molecule has 28 heavy (non-hydrogen) atoms. The molecule has 0 bridgehead atoms. The normalized spacial score (nSPS) is 15.8. The van der Waals surface area contributed by atoms with Gasteiger partial charge in [0.25, 0.3) is 5.91 Å². The van der Waals surface area contributed by atoms with E-state index in [-0.39, 0.29) is 12.0 Å². The number of hydrogen-bond acceptors (Lipinski definition) is 5. The quantitative estimate of drug-likeness (QED) is 0.655. The first-order valence-corrected chi connectivity index (χ1v) is 10.6. The predicted octanol–water partition coefficient (Wildman–Crippen LogP) is 5.15. The summed E-state index contributed by atoms with van der Waals surface area (Å²) in [6.45, 7) is 7.52. The molecule has 1 atom stereocenters. The van der Waals surface area contributed by atoms with Gasteiger partial charge in [-0.1, -0.05) is 27.2 Å². The highest BCUT2D eigenvalue weighted by atomic mass is 32.1. The third-order valence-electron chi connectivity index (χ3n) is 4.89. The second-order valence-corrected chi connectivity index (χ2v) is 8.40. The highest BCUT2D eigenvalue weighted by Crippen LogP contribution is 2.38. The first kappa shape index (κ1) is 20.4. The van der Waals surface area contributed by atoms with E-state index in [1.165, 1.54) is 11.3 Å². The summed E-state index contributed by atoms with van der Waals surface area (Å²) in [5.74, 6) is 0.915. The standard InChI is InChI=1S/C22H26N2O3S/c1-4-5-10-26-16-8-6-15(7-9-16)21(25)24-22-18(12-23)17-11-19(14(2)3)27-13-20(17)28-22/h6-9,14,19H,4-5,10-11,13H2,1-3H3,(H,24,25). The maximum Gasteiger partial charge on any atom is 0.256 e. The Kier molecular flexibility index (Phi) is 6.71. The van der Waals surface area contributed by atoms with Gasteiger partial charge in [0.15, 0.2) is 0 Å². The Labute approximate surface area is 170 Å². The van der Waals surface area contributed by atoms with Crippen LogP contribution in [0.25, 0.3) is 0 Å². The Morgan fingerprint density at radius 2 is 2.14 bits per heavy atom. The van der Waals surface area contributed by atoms with Crippen molar-refractivity contribution >= 4 is 22.2 Å². The third kappa shape index (κ3) is 4.54. The molecule has 1 aromatic heterocycles. The fourth-order valence-electron chi connectivity index (χ4n) is 3.13. The fraction of sp³-hybridized carbons (Fsp3) is 0.455. The van der Waals surface area contributed by atoms with Crippen LogP contribution in [0.1, 0.15) is 60.0 Å². The first-order chi connectivity index (χ1) is 13.5. The van der Waals surface area contributed by atoms with E-state index in [0.29, 0.717) is 41.7 Å². The number of anilines is 1. The third-order valence-corrected chi connectivity index (χ3v) is 6.01. The molecule has 0 radical (unpaired) electrons. The summed E-state index contributed by atoms with van der Waals surface area (Å²) < 4.78 is 11.5. The molecule has 6 heteroatoms. The molecule has 148 valence electrons. The predicted molar refractivity (Wildman–Crippen MR) is 111 cm³/mol. The van der Waals surface area contributed by atoms with Gasteiger partial charge in [0, 0.05) is 16.9 Å². The maximum atomic E-state index is 12.7. The van der Waals surface area contributed by atoms with Crippen LogP contribution in [-0.4, -0.2) is 18.6 Å². The lowest BCUT2D eigenvalue weighted by Gasteiger charge is -2.26. The molecule has 3 rings (SSSR count). The zero-order chi connectivity index (χ0) is 20.1. The van der Waals surface area contributed by atoms with Crippen LogP contribution in [0.4, 0.5) is 5.00 Å². The highest BCUT2D eigenvalue weighted by molar-refractivity contribution is 7.16. The number of hydrogen-bond donors (Lipinski definition) is 1. The number of thiophene rings is 1. The second kappa shape index (κ2) is 9.22. The van der Waals surface area contributed by atoms with Crippen molar-refractivity contribution in [3.05, 3.63) is 45.8 Å². The zero-order valence-electron chi connectivity index (χ0n) is 16.6.